The Hall–Kier alpha value is -2.68. The maximum Gasteiger partial charge on any atom is 0.296 e. The van der Waals surface area contributed by atoms with Crippen LogP contribution in [0.1, 0.15) is 0 Å². The Balaban J connectivity index is 3.27. The topological polar surface area (TPSA) is 204 Å². The van der Waals surface area contributed by atoms with Gasteiger partial charge in [-0.3, -0.25) is 9.11 Å². The Morgan fingerprint density at radius 2 is 1.46 bits per heavy atom. The molecule has 5 N–H and O–H groups in total. The molecule has 0 unspecified atom stereocenters. The number of anilines is 1. The average molecular weight is 403 g/mol. The van der Waals surface area contributed by atoms with E-state index in [-0.39, 0.29) is 16.8 Å². The second kappa shape index (κ2) is 6.56. The molecule has 2 aromatic rings. The number of azo groups is 2. The Labute approximate surface area is 147 Å². The minimum absolute atomic E-state index is 0.207. The summed E-state index contributed by atoms with van der Waals surface area (Å²) in [5.74, 6) is -0.878. The molecule has 12 nitrogen and oxygen atoms in total. The van der Waals surface area contributed by atoms with E-state index in [1.54, 1.807) is 0 Å². The summed E-state index contributed by atoms with van der Waals surface area (Å²) in [6, 6.07) is 1.54. The number of rotatable bonds is 4. The molecule has 0 saturated heterocycles. The van der Waals surface area contributed by atoms with Crippen LogP contribution < -0.4 is 5.73 Å². The number of hydrogen-bond acceptors (Lipinski definition) is 10. The molecule has 0 aliphatic carbocycles. The number of benzene rings is 2. The number of nitrogen functional groups attached to an aromatic ring is 1. The summed E-state index contributed by atoms with van der Waals surface area (Å²) in [5.41, 5.74) is 4.74. The Bertz CT molecular complexity index is 1170. The first kappa shape index (κ1) is 19.6. The molecule has 2 rings (SSSR count). The molecule has 0 aromatic heterocycles. The quantitative estimate of drug-likeness (QED) is 0.337. The van der Waals surface area contributed by atoms with Gasteiger partial charge in [0.15, 0.2) is 5.75 Å². The third kappa shape index (κ3) is 3.34. The van der Waals surface area contributed by atoms with E-state index in [1.807, 2.05) is 0 Å². The van der Waals surface area contributed by atoms with Crippen LogP contribution in [-0.2, 0) is 20.2 Å². The van der Waals surface area contributed by atoms with Gasteiger partial charge in [0.1, 0.15) is 21.2 Å². The van der Waals surface area contributed by atoms with Crippen molar-refractivity contribution in [1.29, 1.82) is 0 Å². The van der Waals surface area contributed by atoms with Gasteiger partial charge in [-0.2, -0.15) is 37.3 Å². The first-order chi connectivity index (χ1) is 11.9. The Morgan fingerprint density at radius 3 is 1.92 bits per heavy atom. The largest absolute Gasteiger partial charge is 0.505 e. The van der Waals surface area contributed by atoms with Crippen molar-refractivity contribution < 1.29 is 31.0 Å². The monoisotopic (exact) mass is 403 g/mol. The van der Waals surface area contributed by atoms with Gasteiger partial charge in [-0.05, 0) is 12.1 Å². The maximum atomic E-state index is 11.7. The van der Waals surface area contributed by atoms with Crippen molar-refractivity contribution in [3.05, 3.63) is 12.1 Å². The van der Waals surface area contributed by atoms with Crippen LogP contribution in [0, 0.1) is 0 Å². The van der Waals surface area contributed by atoms with Crippen LogP contribution in [0.15, 0.2) is 42.4 Å². The fourth-order valence-corrected chi connectivity index (χ4v) is 3.65. The molecular weight excluding hydrogens is 390 g/mol. The van der Waals surface area contributed by atoms with Gasteiger partial charge in [0.2, 0.25) is 0 Å². The van der Waals surface area contributed by atoms with Gasteiger partial charge >= 0.3 is 0 Å². The summed E-state index contributed by atoms with van der Waals surface area (Å²) in [6.45, 7) is 0. The van der Waals surface area contributed by atoms with E-state index in [9.17, 15) is 31.0 Å². The summed E-state index contributed by atoms with van der Waals surface area (Å²) < 4.78 is 65.4. The van der Waals surface area contributed by atoms with Gasteiger partial charge in [-0.1, -0.05) is 0 Å². The van der Waals surface area contributed by atoms with Crippen LogP contribution in [0.4, 0.5) is 17.1 Å². The summed E-state index contributed by atoms with van der Waals surface area (Å²) in [7, 11) is -7.38. The second-order valence-electron chi connectivity index (χ2n) is 4.85. The Kier molecular flexibility index (Phi) is 4.96. The summed E-state index contributed by atoms with van der Waals surface area (Å²) in [6.07, 6.45) is 0. The molecule has 0 bridgehead atoms. The number of hydrogen-bond donors (Lipinski definition) is 4. The van der Waals surface area contributed by atoms with Gasteiger partial charge in [0.25, 0.3) is 20.2 Å². The second-order valence-corrected chi connectivity index (χ2v) is 7.63. The van der Waals surface area contributed by atoms with Crippen LogP contribution in [0.2, 0.25) is 0 Å². The fourth-order valence-electron chi connectivity index (χ4n) is 2.31. The molecule has 0 atom stereocenters. The van der Waals surface area contributed by atoms with Gasteiger partial charge < -0.3 is 10.8 Å². The highest BCUT2D eigenvalue weighted by molar-refractivity contribution is 7.86. The van der Waals surface area contributed by atoms with Crippen LogP contribution in [0.5, 0.6) is 5.75 Å². The van der Waals surface area contributed by atoms with E-state index in [1.165, 1.54) is 14.1 Å². The number of nitrogens with two attached hydrogens (primary N) is 1. The lowest BCUT2D eigenvalue weighted by Crippen LogP contribution is -2.04. The highest BCUT2D eigenvalue weighted by atomic mass is 32.2. The Morgan fingerprint density at radius 1 is 0.923 bits per heavy atom. The third-order valence-electron chi connectivity index (χ3n) is 3.28. The normalized spacial score (nSPS) is 13.2. The summed E-state index contributed by atoms with van der Waals surface area (Å²) in [4.78, 5) is -1.73. The summed E-state index contributed by atoms with van der Waals surface area (Å²) >= 11 is 0. The standard InChI is InChI=1S/C12H13N5O7S2/c1-14-16-6-4-7(25(19,20)21)5-3-8(26(22,23)24)11(17-15-2)12(18)9(5)10(6)13/h3-4,18H,13H2,1-2H3,(H,19,20,21)(H,22,23,24). The molecule has 0 heterocycles. The van der Waals surface area contributed by atoms with E-state index in [0.29, 0.717) is 6.07 Å². The van der Waals surface area contributed by atoms with Crippen LogP contribution in [-0.4, -0.2) is 45.1 Å². The van der Waals surface area contributed by atoms with E-state index in [2.05, 4.69) is 20.5 Å². The third-order valence-corrected chi connectivity index (χ3v) is 5.04. The van der Waals surface area contributed by atoms with E-state index < -0.39 is 46.9 Å². The van der Waals surface area contributed by atoms with Crippen molar-refractivity contribution >= 4 is 48.1 Å². The first-order valence-corrected chi connectivity index (χ1v) is 9.48. The lowest BCUT2D eigenvalue weighted by molar-refractivity contribution is 0.471. The molecule has 14 heteroatoms. The van der Waals surface area contributed by atoms with Gasteiger partial charge in [-0.15, -0.1) is 0 Å². The molecule has 0 aliphatic rings. The number of phenolic OH excluding ortho intramolecular Hbond substituents is 1. The first-order valence-electron chi connectivity index (χ1n) is 6.60. The predicted octanol–water partition coefficient (Wildman–Crippen LogP) is 2.05. The fraction of sp³-hybridized carbons (Fsp3) is 0.167. The van der Waals surface area contributed by atoms with E-state index in [4.69, 9.17) is 5.73 Å². The molecule has 2 aromatic carbocycles. The lowest BCUT2D eigenvalue weighted by Gasteiger charge is -2.14. The minimum Gasteiger partial charge on any atom is -0.505 e. The SMILES string of the molecule is CN=Nc1cc(S(=O)(=O)O)c2cc(S(=O)(=O)O)c(N=NC)c(O)c2c1N. The van der Waals surface area contributed by atoms with E-state index >= 15 is 0 Å². The molecule has 0 spiro atoms. The molecule has 0 amide bonds. The van der Waals surface area contributed by atoms with Crippen molar-refractivity contribution in [2.75, 3.05) is 19.8 Å². The minimum atomic E-state index is -4.94. The number of nitrogens with zero attached hydrogens (tertiary/aromatic N) is 4. The van der Waals surface area contributed by atoms with Gasteiger partial charge in [0.05, 0.1) is 11.1 Å². The zero-order valence-corrected chi connectivity index (χ0v) is 14.9. The van der Waals surface area contributed by atoms with Crippen molar-refractivity contribution in [3.63, 3.8) is 0 Å². The van der Waals surface area contributed by atoms with E-state index in [0.717, 1.165) is 6.07 Å². The number of fused-ring (bicyclic) bond motifs is 1. The maximum absolute atomic E-state index is 11.7. The van der Waals surface area contributed by atoms with Gasteiger partial charge in [-0.25, -0.2) is 0 Å². The highest BCUT2D eigenvalue weighted by Gasteiger charge is 2.28. The average Bonchev–Trinajstić information content (AvgIpc) is 2.50. The van der Waals surface area contributed by atoms with Crippen LogP contribution in [0.25, 0.3) is 10.8 Å². The highest BCUT2D eigenvalue weighted by Crippen LogP contribution is 2.47. The van der Waals surface area contributed by atoms with Crippen LogP contribution >= 0.6 is 0 Å². The number of aromatic hydroxyl groups is 1. The molecule has 26 heavy (non-hydrogen) atoms. The zero-order chi connectivity index (χ0) is 19.9. The smallest absolute Gasteiger partial charge is 0.296 e. The molecule has 0 saturated carbocycles. The molecule has 0 aliphatic heterocycles. The summed E-state index contributed by atoms with van der Waals surface area (Å²) in [5, 5.41) is 23.4. The van der Waals surface area contributed by atoms with Crippen molar-refractivity contribution in [1.82, 2.24) is 0 Å². The molecule has 140 valence electrons. The van der Waals surface area contributed by atoms with Crippen molar-refractivity contribution in [2.24, 2.45) is 20.5 Å². The molecule has 0 fully saturated rings. The number of phenols is 1. The lowest BCUT2D eigenvalue weighted by atomic mass is 10.0. The van der Waals surface area contributed by atoms with Gasteiger partial charge in [0, 0.05) is 19.5 Å². The molecule has 0 radical (unpaired) electrons. The predicted molar refractivity (Wildman–Crippen MR) is 90.5 cm³/mol. The molecular formula is C12H13N5O7S2. The zero-order valence-electron chi connectivity index (χ0n) is 13.3. The van der Waals surface area contributed by atoms with Crippen molar-refractivity contribution in [3.8, 4) is 5.75 Å². The van der Waals surface area contributed by atoms with Crippen molar-refractivity contribution in [2.45, 2.75) is 9.79 Å². The van der Waals surface area contributed by atoms with Crippen LogP contribution in [0.3, 0.4) is 0 Å².